The van der Waals surface area contributed by atoms with Gasteiger partial charge >= 0.3 is 5.97 Å². The van der Waals surface area contributed by atoms with E-state index in [1.54, 1.807) is 35.6 Å². The van der Waals surface area contributed by atoms with Gasteiger partial charge in [0.25, 0.3) is 0 Å². The van der Waals surface area contributed by atoms with Crippen LogP contribution in [0.4, 0.5) is 5.69 Å². The lowest BCUT2D eigenvalue weighted by molar-refractivity contribution is -0.115. The molecule has 0 radical (unpaired) electrons. The molecule has 0 saturated carbocycles. The van der Waals surface area contributed by atoms with Crippen LogP contribution in [0.3, 0.4) is 0 Å². The Labute approximate surface area is 174 Å². The van der Waals surface area contributed by atoms with Crippen LogP contribution in [0.25, 0.3) is 0 Å². The molecule has 1 amide bonds. The second-order valence-corrected chi connectivity index (χ2v) is 7.52. The minimum Gasteiger partial charge on any atom is -0.465 e. The molecule has 0 aliphatic heterocycles. The van der Waals surface area contributed by atoms with Crippen molar-refractivity contribution in [3.63, 3.8) is 0 Å². The first-order chi connectivity index (χ1) is 14.1. The SMILES string of the molecule is CCc1ccc([C@@H](NCC(=O)Nc2ccc(C(=O)OC)cc2)c2cccs2)cc1. The molecule has 1 atom stereocenters. The third-order valence-electron chi connectivity index (χ3n) is 4.61. The van der Waals surface area contributed by atoms with Crippen LogP contribution in [0, 0.1) is 0 Å². The Hall–Kier alpha value is -2.96. The first-order valence-corrected chi connectivity index (χ1v) is 10.3. The standard InChI is InChI=1S/C23H24N2O3S/c1-3-16-6-8-17(9-7-16)22(20-5-4-14-29-20)24-15-21(26)25-19-12-10-18(11-13-19)23(27)28-2/h4-14,22,24H,3,15H2,1-2H3,(H,25,26)/t22-/m1/s1. The highest BCUT2D eigenvalue weighted by molar-refractivity contribution is 7.10. The molecular weight excluding hydrogens is 384 g/mol. The van der Waals surface area contributed by atoms with Crippen molar-refractivity contribution in [1.82, 2.24) is 5.32 Å². The molecule has 0 fully saturated rings. The molecule has 150 valence electrons. The molecule has 6 heteroatoms. The van der Waals surface area contributed by atoms with E-state index in [1.807, 2.05) is 11.4 Å². The predicted octanol–water partition coefficient (Wildman–Crippen LogP) is 4.41. The van der Waals surface area contributed by atoms with Gasteiger partial charge in [-0.2, -0.15) is 0 Å². The minimum absolute atomic E-state index is 0.0478. The van der Waals surface area contributed by atoms with Crippen molar-refractivity contribution in [2.45, 2.75) is 19.4 Å². The smallest absolute Gasteiger partial charge is 0.337 e. The van der Waals surface area contributed by atoms with E-state index >= 15 is 0 Å². The Morgan fingerprint density at radius 1 is 1.03 bits per heavy atom. The highest BCUT2D eigenvalue weighted by Gasteiger charge is 2.16. The zero-order chi connectivity index (χ0) is 20.6. The summed E-state index contributed by atoms with van der Waals surface area (Å²) in [6.45, 7) is 2.29. The summed E-state index contributed by atoms with van der Waals surface area (Å²) in [6.07, 6.45) is 0.995. The van der Waals surface area contributed by atoms with Crippen LogP contribution in [-0.4, -0.2) is 25.5 Å². The molecule has 0 unspecified atom stereocenters. The number of rotatable bonds is 8. The van der Waals surface area contributed by atoms with Crippen molar-refractivity contribution in [2.75, 3.05) is 19.0 Å². The molecule has 0 spiro atoms. The lowest BCUT2D eigenvalue weighted by Crippen LogP contribution is -2.31. The minimum atomic E-state index is -0.405. The molecule has 3 rings (SSSR count). The van der Waals surface area contributed by atoms with Crippen LogP contribution in [0.2, 0.25) is 0 Å². The predicted molar refractivity (Wildman–Crippen MR) is 116 cm³/mol. The number of carbonyl (C=O) groups excluding carboxylic acids is 2. The second kappa shape index (κ2) is 10.0. The maximum Gasteiger partial charge on any atom is 0.337 e. The molecule has 1 heterocycles. The van der Waals surface area contributed by atoms with E-state index in [9.17, 15) is 9.59 Å². The van der Waals surface area contributed by atoms with E-state index in [0.29, 0.717) is 11.3 Å². The number of aryl methyl sites for hydroxylation is 1. The summed E-state index contributed by atoms with van der Waals surface area (Å²) in [6, 6.07) is 19.1. The number of nitrogens with one attached hydrogen (secondary N) is 2. The highest BCUT2D eigenvalue weighted by atomic mass is 32.1. The van der Waals surface area contributed by atoms with Gasteiger partial charge in [-0.1, -0.05) is 37.3 Å². The Morgan fingerprint density at radius 3 is 2.34 bits per heavy atom. The van der Waals surface area contributed by atoms with Crippen molar-refractivity contribution >= 4 is 28.9 Å². The van der Waals surface area contributed by atoms with E-state index in [-0.39, 0.29) is 18.5 Å². The van der Waals surface area contributed by atoms with Gasteiger partial charge < -0.3 is 10.1 Å². The third kappa shape index (κ3) is 5.53. The normalized spacial score (nSPS) is 11.7. The first kappa shape index (κ1) is 20.8. The van der Waals surface area contributed by atoms with Crippen molar-refractivity contribution in [3.05, 3.63) is 87.6 Å². The molecule has 0 aliphatic carbocycles. The largest absolute Gasteiger partial charge is 0.465 e. The summed E-state index contributed by atoms with van der Waals surface area (Å²) >= 11 is 1.66. The van der Waals surface area contributed by atoms with Gasteiger partial charge in [0, 0.05) is 10.6 Å². The Kier molecular flexibility index (Phi) is 7.16. The number of anilines is 1. The summed E-state index contributed by atoms with van der Waals surface area (Å²) in [5, 5.41) is 8.24. The number of carbonyl (C=O) groups is 2. The Morgan fingerprint density at radius 2 is 1.76 bits per heavy atom. The summed E-state index contributed by atoms with van der Waals surface area (Å²) in [4.78, 5) is 25.1. The van der Waals surface area contributed by atoms with Gasteiger partial charge in [-0.15, -0.1) is 11.3 Å². The monoisotopic (exact) mass is 408 g/mol. The summed E-state index contributed by atoms with van der Waals surface area (Å²) in [5.74, 6) is -0.556. The van der Waals surface area contributed by atoms with Crippen LogP contribution in [-0.2, 0) is 16.0 Å². The fraction of sp³-hybridized carbons (Fsp3) is 0.217. The molecule has 29 heavy (non-hydrogen) atoms. The van der Waals surface area contributed by atoms with E-state index in [4.69, 9.17) is 0 Å². The number of esters is 1. The van der Waals surface area contributed by atoms with Gasteiger partial charge in [-0.3, -0.25) is 10.1 Å². The van der Waals surface area contributed by atoms with Crippen LogP contribution in [0.1, 0.15) is 39.3 Å². The molecule has 3 aromatic rings. The Balaban J connectivity index is 1.64. The summed E-state index contributed by atoms with van der Waals surface area (Å²) in [5.41, 5.74) is 3.48. The van der Waals surface area contributed by atoms with Gasteiger partial charge in [-0.05, 0) is 53.3 Å². The van der Waals surface area contributed by atoms with E-state index in [2.05, 4.69) is 52.6 Å². The average molecular weight is 409 g/mol. The molecule has 1 aromatic heterocycles. The van der Waals surface area contributed by atoms with E-state index in [1.165, 1.54) is 12.7 Å². The quantitative estimate of drug-likeness (QED) is 0.542. The number of hydrogen-bond donors (Lipinski definition) is 2. The molecular formula is C23H24N2O3S. The van der Waals surface area contributed by atoms with Crippen LogP contribution < -0.4 is 10.6 Å². The van der Waals surface area contributed by atoms with Crippen molar-refractivity contribution < 1.29 is 14.3 Å². The fourth-order valence-corrected chi connectivity index (χ4v) is 3.82. The van der Waals surface area contributed by atoms with Crippen molar-refractivity contribution in [2.24, 2.45) is 0 Å². The molecule has 0 aliphatic rings. The zero-order valence-corrected chi connectivity index (χ0v) is 17.3. The summed E-state index contributed by atoms with van der Waals surface area (Å²) in [7, 11) is 1.34. The second-order valence-electron chi connectivity index (χ2n) is 6.54. The number of ether oxygens (including phenoxy) is 1. The molecule has 5 nitrogen and oxygen atoms in total. The topological polar surface area (TPSA) is 67.4 Å². The van der Waals surface area contributed by atoms with Crippen LogP contribution in [0.15, 0.2) is 66.0 Å². The van der Waals surface area contributed by atoms with Crippen molar-refractivity contribution in [3.8, 4) is 0 Å². The number of benzene rings is 2. The van der Waals surface area contributed by atoms with Crippen LogP contribution >= 0.6 is 11.3 Å². The first-order valence-electron chi connectivity index (χ1n) is 9.44. The van der Waals surface area contributed by atoms with Gasteiger partial charge in [0.05, 0.1) is 25.3 Å². The van der Waals surface area contributed by atoms with Gasteiger partial charge in [0.1, 0.15) is 0 Å². The number of methoxy groups -OCH3 is 1. The van der Waals surface area contributed by atoms with E-state index in [0.717, 1.165) is 16.9 Å². The average Bonchev–Trinajstić information content (AvgIpc) is 3.29. The molecule has 2 N–H and O–H groups in total. The lowest BCUT2D eigenvalue weighted by atomic mass is 10.0. The highest BCUT2D eigenvalue weighted by Crippen LogP contribution is 2.26. The number of thiophene rings is 1. The lowest BCUT2D eigenvalue weighted by Gasteiger charge is -2.18. The summed E-state index contributed by atoms with van der Waals surface area (Å²) < 4.78 is 4.68. The fourth-order valence-electron chi connectivity index (χ4n) is 2.99. The van der Waals surface area contributed by atoms with Gasteiger partial charge in [0.2, 0.25) is 5.91 Å². The molecule has 0 saturated heterocycles. The molecule has 0 bridgehead atoms. The third-order valence-corrected chi connectivity index (χ3v) is 5.54. The maximum absolute atomic E-state index is 12.4. The van der Waals surface area contributed by atoms with Gasteiger partial charge in [-0.25, -0.2) is 4.79 Å². The van der Waals surface area contributed by atoms with Crippen LogP contribution in [0.5, 0.6) is 0 Å². The van der Waals surface area contributed by atoms with Gasteiger partial charge in [0.15, 0.2) is 0 Å². The Bertz CT molecular complexity index is 935. The zero-order valence-electron chi connectivity index (χ0n) is 16.5. The molecule has 2 aromatic carbocycles. The number of hydrogen-bond acceptors (Lipinski definition) is 5. The number of amides is 1. The maximum atomic E-state index is 12.4. The van der Waals surface area contributed by atoms with Crippen molar-refractivity contribution in [1.29, 1.82) is 0 Å². The van der Waals surface area contributed by atoms with E-state index < -0.39 is 5.97 Å².